The van der Waals surface area contributed by atoms with Crippen LogP contribution in [-0.4, -0.2) is 18.1 Å². The Labute approximate surface area is 147 Å². The van der Waals surface area contributed by atoms with E-state index in [1.54, 1.807) is 0 Å². The molecule has 0 bridgehead atoms. The lowest BCUT2D eigenvalue weighted by Gasteiger charge is -2.29. The number of rotatable bonds is 2. The number of amides is 2. The summed E-state index contributed by atoms with van der Waals surface area (Å²) in [5.41, 5.74) is -0.542. The van der Waals surface area contributed by atoms with Crippen molar-refractivity contribution in [1.29, 1.82) is 0 Å². The summed E-state index contributed by atoms with van der Waals surface area (Å²) in [5.74, 6) is -6.29. The number of anilines is 1. The van der Waals surface area contributed by atoms with Gasteiger partial charge in [-0.25, -0.2) is 13.6 Å². The lowest BCUT2D eigenvalue weighted by Crippen LogP contribution is -2.65. The minimum Gasteiger partial charge on any atom is -0.424 e. The van der Waals surface area contributed by atoms with Gasteiger partial charge in [0.1, 0.15) is 11.6 Å². The lowest BCUT2D eigenvalue weighted by molar-refractivity contribution is -0.317. The molecular weight excluding hydrogens is 387 g/mol. The van der Waals surface area contributed by atoms with Gasteiger partial charge in [0.2, 0.25) is 0 Å². The zero-order chi connectivity index (χ0) is 19.1. The molecule has 1 heterocycles. The highest BCUT2D eigenvalue weighted by Crippen LogP contribution is 2.46. The van der Waals surface area contributed by atoms with E-state index in [4.69, 9.17) is 21.1 Å². The maximum atomic E-state index is 13.5. The molecular formula is C15H8ClF5N2O3. The van der Waals surface area contributed by atoms with Crippen molar-refractivity contribution in [2.75, 3.05) is 5.32 Å². The standard InChI is InChI=1S/C15H8ClF5N2O3/c16-7-1-4-11-12(5-7)26-15(25-11,14(19,20)21)23-13(24)22-10-3-2-8(17)6-9(10)18/h1-6H,(H2,22,23,24)/t15-/m1/s1. The minimum absolute atomic E-state index is 0.0863. The van der Waals surface area contributed by atoms with E-state index >= 15 is 0 Å². The number of ether oxygens (including phenoxy) is 2. The molecule has 0 aromatic heterocycles. The molecule has 11 heteroatoms. The number of alkyl halides is 3. The smallest absolute Gasteiger partial charge is 0.424 e. The molecule has 1 aliphatic heterocycles. The fraction of sp³-hybridized carbons (Fsp3) is 0.133. The lowest BCUT2D eigenvalue weighted by atomic mass is 10.3. The average molecular weight is 395 g/mol. The molecule has 0 aliphatic carbocycles. The van der Waals surface area contributed by atoms with E-state index in [9.17, 15) is 26.7 Å². The number of urea groups is 1. The Bertz CT molecular complexity index is 877. The second kappa shape index (κ2) is 6.20. The molecule has 2 aromatic carbocycles. The van der Waals surface area contributed by atoms with E-state index in [1.807, 2.05) is 5.32 Å². The third-order valence-corrected chi connectivity index (χ3v) is 3.48. The van der Waals surface area contributed by atoms with Crippen LogP contribution in [0, 0.1) is 11.6 Å². The van der Waals surface area contributed by atoms with Gasteiger partial charge in [0.15, 0.2) is 11.5 Å². The summed E-state index contributed by atoms with van der Waals surface area (Å²) in [6.45, 7) is 0. The van der Waals surface area contributed by atoms with Crippen molar-refractivity contribution in [1.82, 2.24) is 5.32 Å². The van der Waals surface area contributed by atoms with Gasteiger partial charge < -0.3 is 14.8 Å². The van der Waals surface area contributed by atoms with Crippen molar-refractivity contribution in [2.24, 2.45) is 0 Å². The van der Waals surface area contributed by atoms with Crippen molar-refractivity contribution in [3.63, 3.8) is 0 Å². The summed E-state index contributed by atoms with van der Waals surface area (Å²) >= 11 is 5.69. The molecule has 0 radical (unpaired) electrons. The normalized spacial score (nSPS) is 18.5. The Morgan fingerprint density at radius 2 is 1.73 bits per heavy atom. The van der Waals surface area contributed by atoms with Gasteiger partial charge >= 0.3 is 18.1 Å². The van der Waals surface area contributed by atoms with Gasteiger partial charge in [-0.05, 0) is 24.3 Å². The first-order valence-electron chi connectivity index (χ1n) is 6.88. The van der Waals surface area contributed by atoms with Crippen LogP contribution in [0.3, 0.4) is 0 Å². The predicted octanol–water partition coefficient (Wildman–Crippen LogP) is 4.43. The highest BCUT2D eigenvalue weighted by molar-refractivity contribution is 6.30. The molecule has 2 aromatic rings. The Morgan fingerprint density at radius 1 is 1.04 bits per heavy atom. The van der Waals surface area contributed by atoms with Crippen LogP contribution in [0.25, 0.3) is 0 Å². The fourth-order valence-corrected chi connectivity index (χ4v) is 2.27. The third kappa shape index (κ3) is 3.32. The average Bonchev–Trinajstić information content (AvgIpc) is 2.88. The van der Waals surface area contributed by atoms with Crippen LogP contribution in [0.2, 0.25) is 5.02 Å². The van der Waals surface area contributed by atoms with Crippen molar-refractivity contribution in [2.45, 2.75) is 12.1 Å². The largest absolute Gasteiger partial charge is 0.492 e. The van der Waals surface area contributed by atoms with Crippen molar-refractivity contribution in [3.8, 4) is 11.5 Å². The van der Waals surface area contributed by atoms with Crippen LogP contribution in [0.5, 0.6) is 11.5 Å². The minimum atomic E-state index is -5.20. The van der Waals surface area contributed by atoms with Gasteiger partial charge in [-0.2, -0.15) is 13.2 Å². The molecule has 5 nitrogen and oxygen atoms in total. The fourth-order valence-electron chi connectivity index (χ4n) is 2.11. The summed E-state index contributed by atoms with van der Waals surface area (Å²) in [6, 6.07) is 4.09. The summed E-state index contributed by atoms with van der Waals surface area (Å²) in [5, 5.41) is 3.37. The van der Waals surface area contributed by atoms with Crippen LogP contribution < -0.4 is 20.1 Å². The molecule has 138 valence electrons. The Hall–Kier alpha value is -2.75. The monoisotopic (exact) mass is 394 g/mol. The molecule has 26 heavy (non-hydrogen) atoms. The van der Waals surface area contributed by atoms with E-state index in [2.05, 4.69) is 0 Å². The van der Waals surface area contributed by atoms with Crippen molar-refractivity contribution < 1.29 is 36.2 Å². The van der Waals surface area contributed by atoms with Crippen molar-refractivity contribution in [3.05, 3.63) is 53.1 Å². The van der Waals surface area contributed by atoms with Crippen LogP contribution >= 0.6 is 11.6 Å². The second-order valence-electron chi connectivity index (χ2n) is 5.11. The van der Waals surface area contributed by atoms with E-state index in [0.29, 0.717) is 6.07 Å². The molecule has 0 saturated heterocycles. The van der Waals surface area contributed by atoms with Crippen LogP contribution in [-0.2, 0) is 0 Å². The number of nitrogens with one attached hydrogen (secondary N) is 2. The summed E-state index contributed by atoms with van der Waals surface area (Å²) in [6.07, 6.45) is -5.20. The highest BCUT2D eigenvalue weighted by Gasteiger charge is 2.65. The molecule has 0 spiro atoms. The maximum absolute atomic E-state index is 13.5. The first-order valence-corrected chi connectivity index (χ1v) is 7.26. The molecule has 0 fully saturated rings. The van der Waals surface area contributed by atoms with E-state index in [-0.39, 0.29) is 16.5 Å². The molecule has 2 N–H and O–H groups in total. The summed E-state index contributed by atoms with van der Waals surface area (Å²) in [7, 11) is 0. The topological polar surface area (TPSA) is 59.6 Å². The van der Waals surface area contributed by atoms with Crippen molar-refractivity contribution >= 4 is 23.3 Å². The first-order chi connectivity index (χ1) is 12.1. The van der Waals surface area contributed by atoms with Gasteiger partial charge in [0, 0.05) is 17.2 Å². The number of hydrogen-bond donors (Lipinski definition) is 2. The molecule has 0 saturated carbocycles. The predicted molar refractivity (Wildman–Crippen MR) is 80.0 cm³/mol. The number of halogens is 6. The van der Waals surface area contributed by atoms with E-state index in [1.165, 1.54) is 11.4 Å². The third-order valence-electron chi connectivity index (χ3n) is 3.24. The van der Waals surface area contributed by atoms with Gasteiger partial charge in [0.05, 0.1) is 5.69 Å². The quantitative estimate of drug-likeness (QED) is 0.741. The number of fused-ring (bicyclic) bond motifs is 1. The van der Waals surface area contributed by atoms with E-state index in [0.717, 1.165) is 24.3 Å². The van der Waals surface area contributed by atoms with E-state index < -0.39 is 35.4 Å². The second-order valence-corrected chi connectivity index (χ2v) is 5.55. The van der Waals surface area contributed by atoms with Gasteiger partial charge in [-0.15, -0.1) is 0 Å². The Kier molecular flexibility index (Phi) is 4.31. The molecule has 1 aliphatic rings. The number of carbonyl (C=O) groups excluding carboxylic acids is 1. The Morgan fingerprint density at radius 3 is 2.38 bits per heavy atom. The zero-order valence-electron chi connectivity index (χ0n) is 12.5. The molecule has 0 unspecified atom stereocenters. The van der Waals surface area contributed by atoms with Gasteiger partial charge in [-0.3, -0.25) is 5.32 Å². The Balaban J connectivity index is 1.83. The van der Waals surface area contributed by atoms with Gasteiger partial charge in [-0.1, -0.05) is 11.6 Å². The maximum Gasteiger partial charge on any atom is 0.492 e. The number of carbonyl (C=O) groups is 1. The summed E-state index contributed by atoms with van der Waals surface area (Å²) in [4.78, 5) is 11.9. The van der Waals surface area contributed by atoms with Gasteiger partial charge in [0.25, 0.3) is 0 Å². The van der Waals surface area contributed by atoms with Crippen LogP contribution in [0.15, 0.2) is 36.4 Å². The van der Waals surface area contributed by atoms with Crippen LogP contribution in [0.4, 0.5) is 32.4 Å². The summed E-state index contributed by atoms with van der Waals surface area (Å²) < 4.78 is 76.2. The molecule has 2 amide bonds. The molecule has 1 atom stereocenters. The first kappa shape index (κ1) is 18.1. The van der Waals surface area contributed by atoms with Crippen LogP contribution in [0.1, 0.15) is 0 Å². The SMILES string of the molecule is O=C(Nc1ccc(F)cc1F)N[C@]1(C(F)(F)F)Oc2ccc(Cl)cc2O1. The number of benzene rings is 2. The molecule has 3 rings (SSSR count). The highest BCUT2D eigenvalue weighted by atomic mass is 35.5. The number of hydrogen-bond acceptors (Lipinski definition) is 3. The zero-order valence-corrected chi connectivity index (χ0v) is 13.2.